The van der Waals surface area contributed by atoms with Crippen molar-refractivity contribution in [2.24, 2.45) is 11.3 Å². The van der Waals surface area contributed by atoms with E-state index < -0.39 is 22.9 Å². The Bertz CT molecular complexity index is 940. The van der Waals surface area contributed by atoms with Crippen LogP contribution in [0.2, 0.25) is 0 Å². The minimum Gasteiger partial charge on any atom is -0.383 e. The number of amides is 1. The molecule has 1 amide bonds. The number of carbonyl (C=O) groups is 1. The van der Waals surface area contributed by atoms with Crippen LogP contribution in [0.5, 0.6) is 0 Å². The van der Waals surface area contributed by atoms with Crippen molar-refractivity contribution in [2.45, 2.75) is 75.7 Å². The molecule has 0 aromatic heterocycles. The summed E-state index contributed by atoms with van der Waals surface area (Å²) in [4.78, 5) is 26.6. The normalized spacial score (nSPS) is 33.1. The van der Waals surface area contributed by atoms with Crippen LogP contribution in [0.25, 0.3) is 0 Å². The highest BCUT2D eigenvalue weighted by molar-refractivity contribution is 6.02. The maximum Gasteiger partial charge on any atom is 0.391 e. The zero-order valence-electron chi connectivity index (χ0n) is 17.9. The van der Waals surface area contributed by atoms with Crippen LogP contribution in [-0.4, -0.2) is 42.2 Å². The zero-order chi connectivity index (χ0) is 22.8. The number of piperidine rings is 2. The van der Waals surface area contributed by atoms with Crippen LogP contribution in [0.4, 0.5) is 30.2 Å². The van der Waals surface area contributed by atoms with Crippen LogP contribution in [0.1, 0.15) is 61.7 Å². The van der Waals surface area contributed by atoms with Crippen LogP contribution in [0, 0.1) is 21.4 Å². The van der Waals surface area contributed by atoms with Gasteiger partial charge in [0.2, 0.25) is 0 Å². The van der Waals surface area contributed by atoms with Crippen LogP contribution in [0.15, 0.2) is 12.1 Å². The number of nitrogens with one attached hydrogen (secondary N) is 2. The lowest BCUT2D eigenvalue weighted by atomic mass is 9.42. The van der Waals surface area contributed by atoms with Crippen molar-refractivity contribution in [1.82, 2.24) is 5.32 Å². The topological polar surface area (TPSA) is 87.5 Å². The van der Waals surface area contributed by atoms with Gasteiger partial charge in [-0.2, -0.15) is 13.2 Å². The highest BCUT2D eigenvalue weighted by Crippen LogP contribution is 2.69. The van der Waals surface area contributed by atoms with Gasteiger partial charge in [0.25, 0.3) is 11.6 Å². The Balaban J connectivity index is 1.40. The summed E-state index contributed by atoms with van der Waals surface area (Å²) >= 11 is 0. The molecule has 3 aliphatic carbocycles. The number of alkyl halides is 3. The summed E-state index contributed by atoms with van der Waals surface area (Å²) in [5.74, 6) is -1.77. The van der Waals surface area contributed by atoms with Gasteiger partial charge < -0.3 is 15.5 Å². The Hall–Kier alpha value is -2.52. The van der Waals surface area contributed by atoms with Gasteiger partial charge in [0.1, 0.15) is 5.69 Å². The predicted octanol–water partition coefficient (Wildman–Crippen LogP) is 4.62. The lowest BCUT2D eigenvalue weighted by Crippen LogP contribution is -2.82. The monoisotopic (exact) mass is 452 g/mol. The van der Waals surface area contributed by atoms with Crippen molar-refractivity contribution in [3.63, 3.8) is 0 Å². The molecule has 2 unspecified atom stereocenters. The third kappa shape index (κ3) is 3.05. The summed E-state index contributed by atoms with van der Waals surface area (Å²) < 4.78 is 38.9. The predicted molar refractivity (Wildman–Crippen MR) is 113 cm³/mol. The highest BCUT2D eigenvalue weighted by Gasteiger charge is 2.70. The van der Waals surface area contributed by atoms with Gasteiger partial charge in [-0.25, -0.2) is 0 Å². The molecule has 4 aliphatic rings. The van der Waals surface area contributed by atoms with Gasteiger partial charge in [-0.05, 0) is 57.4 Å². The van der Waals surface area contributed by atoms with E-state index in [4.69, 9.17) is 0 Å². The first kappa shape index (κ1) is 21.3. The third-order valence-corrected chi connectivity index (χ3v) is 8.39. The Labute approximate surface area is 183 Å². The number of carbonyl (C=O) groups excluding carboxylic acids is 1. The summed E-state index contributed by atoms with van der Waals surface area (Å²) in [7, 11) is 1.61. The minimum atomic E-state index is -4.21. The van der Waals surface area contributed by atoms with Gasteiger partial charge in [-0.1, -0.05) is 0 Å². The van der Waals surface area contributed by atoms with E-state index in [1.54, 1.807) is 13.1 Å². The van der Waals surface area contributed by atoms with E-state index in [2.05, 4.69) is 15.5 Å². The van der Waals surface area contributed by atoms with Crippen LogP contribution >= 0.6 is 0 Å². The maximum absolute atomic E-state index is 13.2. The number of hydrogen-bond acceptors (Lipinski definition) is 5. The quantitative estimate of drug-likeness (QED) is 0.503. The van der Waals surface area contributed by atoms with Crippen molar-refractivity contribution in [2.75, 3.05) is 17.3 Å². The molecule has 1 saturated heterocycles. The maximum atomic E-state index is 13.2. The number of hydrogen-bond donors (Lipinski definition) is 2. The second-order valence-corrected chi connectivity index (χ2v) is 9.71. The molecule has 7 nitrogen and oxygen atoms in total. The van der Waals surface area contributed by atoms with E-state index >= 15 is 0 Å². The molecular formula is C22H27F3N4O3. The van der Waals surface area contributed by atoms with Crippen LogP contribution < -0.4 is 15.5 Å². The van der Waals surface area contributed by atoms with Crippen molar-refractivity contribution < 1.29 is 22.9 Å². The molecule has 3 saturated carbocycles. The van der Waals surface area contributed by atoms with E-state index in [0.29, 0.717) is 28.9 Å². The minimum absolute atomic E-state index is 0.0149. The van der Waals surface area contributed by atoms with Gasteiger partial charge in [0.15, 0.2) is 0 Å². The summed E-state index contributed by atoms with van der Waals surface area (Å²) in [6, 6.07) is 3.37. The van der Waals surface area contributed by atoms with E-state index in [1.807, 2.05) is 0 Å². The standard InChI is InChI=1S/C22H27F3N4O3/c1-26-15-11-16(28-18-6-8-21(18)9-7-19(21)28)14(10-17(15)29(31)32)20(30)27-13-4-2-12(3-5-13)22(23,24)25/h10-13,18-19,26H,2-9H2,1H3,(H,27,30). The van der Waals surface area contributed by atoms with Crippen molar-refractivity contribution in [1.29, 1.82) is 0 Å². The van der Waals surface area contributed by atoms with Gasteiger partial charge in [0.05, 0.1) is 22.1 Å². The SMILES string of the molecule is CNc1cc(N2C3CCC34CCC24)c(C(=O)NC2CCC(C(F)(F)F)CC2)cc1[N+](=O)[O-]. The summed E-state index contributed by atoms with van der Waals surface area (Å²) in [5.41, 5.74) is 1.44. The fourth-order valence-corrected chi connectivity index (χ4v) is 6.42. The molecule has 0 radical (unpaired) electrons. The van der Waals surface area contributed by atoms with Crippen LogP contribution in [0.3, 0.4) is 0 Å². The van der Waals surface area contributed by atoms with Gasteiger partial charge in [0, 0.05) is 36.7 Å². The molecule has 2 N–H and O–H groups in total. The number of nitro groups is 1. The van der Waals surface area contributed by atoms with E-state index in [1.165, 1.54) is 18.9 Å². The van der Waals surface area contributed by atoms with Crippen LogP contribution in [-0.2, 0) is 0 Å². The average Bonchev–Trinajstić information content (AvgIpc) is 2.70. The lowest BCUT2D eigenvalue weighted by Gasteiger charge is -2.77. The van der Waals surface area contributed by atoms with Gasteiger partial charge >= 0.3 is 6.18 Å². The van der Waals surface area contributed by atoms with Crippen molar-refractivity contribution in [3.8, 4) is 0 Å². The lowest BCUT2D eigenvalue weighted by molar-refractivity contribution is -0.384. The molecule has 32 heavy (non-hydrogen) atoms. The fraction of sp³-hybridized carbons (Fsp3) is 0.682. The number of benzene rings is 1. The molecule has 4 fully saturated rings. The summed E-state index contributed by atoms with van der Waals surface area (Å²) in [5, 5.41) is 17.3. The Kier molecular flexibility index (Phi) is 4.83. The molecule has 1 heterocycles. The van der Waals surface area contributed by atoms with Gasteiger partial charge in [-0.3, -0.25) is 14.9 Å². The smallest absolute Gasteiger partial charge is 0.383 e. The van der Waals surface area contributed by atoms with Crippen molar-refractivity contribution >= 4 is 23.0 Å². The molecule has 1 aromatic rings. The molecule has 0 bridgehead atoms. The van der Waals surface area contributed by atoms with Gasteiger partial charge in [-0.15, -0.1) is 0 Å². The summed E-state index contributed by atoms with van der Waals surface area (Å²) in [6.07, 6.45) is 0.734. The van der Waals surface area contributed by atoms with Crippen molar-refractivity contribution in [3.05, 3.63) is 27.8 Å². The van der Waals surface area contributed by atoms with E-state index in [9.17, 15) is 28.1 Å². The molecule has 1 aliphatic heterocycles. The second-order valence-electron chi connectivity index (χ2n) is 9.71. The first-order valence-electron chi connectivity index (χ1n) is 11.3. The molecule has 1 spiro atoms. The Morgan fingerprint density at radius 1 is 1.12 bits per heavy atom. The Morgan fingerprint density at radius 3 is 2.22 bits per heavy atom. The molecule has 5 rings (SSSR count). The first-order chi connectivity index (χ1) is 15.2. The molecule has 174 valence electrons. The molecule has 10 heteroatoms. The first-order valence-corrected chi connectivity index (χ1v) is 11.3. The number of anilines is 2. The third-order valence-electron chi connectivity index (χ3n) is 8.39. The summed E-state index contributed by atoms with van der Waals surface area (Å²) in [6.45, 7) is 0. The fourth-order valence-electron chi connectivity index (χ4n) is 6.42. The molecule has 1 aromatic carbocycles. The largest absolute Gasteiger partial charge is 0.391 e. The number of halogens is 3. The van der Waals surface area contributed by atoms with E-state index in [-0.39, 0.29) is 43.0 Å². The molecule has 2 atom stereocenters. The number of nitrogens with zero attached hydrogens (tertiary/aromatic N) is 2. The zero-order valence-corrected chi connectivity index (χ0v) is 17.9. The highest BCUT2D eigenvalue weighted by atomic mass is 19.4. The Morgan fingerprint density at radius 2 is 1.75 bits per heavy atom. The second kappa shape index (κ2) is 7.25. The number of nitro benzene ring substituents is 1. The average molecular weight is 452 g/mol. The van der Waals surface area contributed by atoms with E-state index in [0.717, 1.165) is 12.8 Å². The number of rotatable bonds is 5. The molecular weight excluding hydrogens is 425 g/mol.